The second-order valence-corrected chi connectivity index (χ2v) is 5.98. The largest absolute Gasteiger partial charge is 0.351 e. The number of carbonyl (C=O) groups excluding carboxylic acids is 1. The molecule has 0 spiro atoms. The van der Waals surface area contributed by atoms with Crippen LogP contribution < -0.4 is 5.32 Å². The van der Waals surface area contributed by atoms with E-state index in [-0.39, 0.29) is 17.9 Å². The third kappa shape index (κ3) is 2.44. The maximum atomic E-state index is 12.4. The molecule has 3 atom stereocenters. The third-order valence-corrected chi connectivity index (χ3v) is 4.52. The van der Waals surface area contributed by atoms with Crippen molar-refractivity contribution >= 4 is 5.91 Å². The molecule has 1 amide bonds. The smallest absolute Gasteiger partial charge is 0.224 e. The van der Waals surface area contributed by atoms with Crippen LogP contribution in [0.4, 0.5) is 0 Å². The molecule has 0 bridgehead atoms. The van der Waals surface area contributed by atoms with E-state index >= 15 is 0 Å². The highest BCUT2D eigenvalue weighted by atomic mass is 16.2. The van der Waals surface area contributed by atoms with Crippen LogP contribution in [0.3, 0.4) is 0 Å². The summed E-state index contributed by atoms with van der Waals surface area (Å²) >= 11 is 0. The molecule has 3 heterocycles. The SMILES string of the molecule is O=C(NC1CCc2nccn2C1)C1CC1c1cccnc1. The fourth-order valence-corrected chi connectivity index (χ4v) is 3.24. The third-order valence-electron chi connectivity index (χ3n) is 4.52. The van der Waals surface area contributed by atoms with Crippen LogP contribution in [0.5, 0.6) is 0 Å². The predicted molar refractivity (Wildman–Crippen MR) is 77.6 cm³/mol. The highest BCUT2D eigenvalue weighted by molar-refractivity contribution is 5.83. The first kappa shape index (κ1) is 12.6. The van der Waals surface area contributed by atoms with E-state index in [0.29, 0.717) is 5.92 Å². The van der Waals surface area contributed by atoms with Crippen molar-refractivity contribution in [3.63, 3.8) is 0 Å². The predicted octanol–water partition coefficient (Wildman–Crippen LogP) is 1.51. The van der Waals surface area contributed by atoms with Gasteiger partial charge in [0.15, 0.2) is 0 Å². The summed E-state index contributed by atoms with van der Waals surface area (Å²) in [5.41, 5.74) is 1.18. The molecule has 2 aromatic heterocycles. The Labute approximate surface area is 123 Å². The summed E-state index contributed by atoms with van der Waals surface area (Å²) < 4.78 is 2.14. The number of aryl methyl sites for hydroxylation is 1. The number of aromatic nitrogens is 3. The molecule has 5 nitrogen and oxygen atoms in total. The zero-order chi connectivity index (χ0) is 14.2. The van der Waals surface area contributed by atoms with Crippen molar-refractivity contribution in [1.29, 1.82) is 0 Å². The van der Waals surface area contributed by atoms with Gasteiger partial charge in [0.2, 0.25) is 5.91 Å². The first-order valence-corrected chi connectivity index (χ1v) is 7.51. The number of hydrogen-bond acceptors (Lipinski definition) is 3. The van der Waals surface area contributed by atoms with Crippen LogP contribution in [0, 0.1) is 5.92 Å². The maximum Gasteiger partial charge on any atom is 0.224 e. The van der Waals surface area contributed by atoms with Gasteiger partial charge in [-0.1, -0.05) is 6.07 Å². The van der Waals surface area contributed by atoms with E-state index in [0.717, 1.165) is 31.6 Å². The van der Waals surface area contributed by atoms with Crippen molar-refractivity contribution in [1.82, 2.24) is 19.9 Å². The average Bonchev–Trinajstić information content (AvgIpc) is 3.19. The van der Waals surface area contributed by atoms with E-state index in [9.17, 15) is 4.79 Å². The molecule has 0 aromatic carbocycles. The van der Waals surface area contributed by atoms with Crippen LogP contribution in [-0.4, -0.2) is 26.5 Å². The quantitative estimate of drug-likeness (QED) is 0.928. The van der Waals surface area contributed by atoms with Gasteiger partial charge in [-0.05, 0) is 30.4 Å². The molecule has 5 heteroatoms. The molecule has 4 rings (SSSR count). The summed E-state index contributed by atoms with van der Waals surface area (Å²) in [6.07, 6.45) is 10.3. The fourth-order valence-electron chi connectivity index (χ4n) is 3.24. The Balaban J connectivity index is 1.36. The van der Waals surface area contributed by atoms with Gasteiger partial charge in [-0.25, -0.2) is 4.98 Å². The minimum atomic E-state index is 0.124. The summed E-state index contributed by atoms with van der Waals surface area (Å²) in [5.74, 6) is 1.79. The lowest BCUT2D eigenvalue weighted by atomic mass is 10.1. The zero-order valence-corrected chi connectivity index (χ0v) is 11.8. The molecule has 1 aliphatic carbocycles. The van der Waals surface area contributed by atoms with Gasteiger partial charge < -0.3 is 9.88 Å². The van der Waals surface area contributed by atoms with Gasteiger partial charge in [0.05, 0.1) is 0 Å². The standard InChI is InChI=1S/C16H18N4O/c21-16(14-8-13(14)11-2-1-5-17-9-11)19-12-3-4-15-18-6-7-20(15)10-12/h1-2,5-7,9,12-14H,3-4,8,10H2,(H,19,21). The molecular formula is C16H18N4O. The van der Waals surface area contributed by atoms with Gasteiger partial charge in [0.25, 0.3) is 0 Å². The molecular weight excluding hydrogens is 264 g/mol. The number of carbonyl (C=O) groups is 1. The molecule has 1 N–H and O–H groups in total. The lowest BCUT2D eigenvalue weighted by Crippen LogP contribution is -2.41. The van der Waals surface area contributed by atoms with Crippen LogP contribution in [0.2, 0.25) is 0 Å². The highest BCUT2D eigenvalue weighted by Crippen LogP contribution is 2.47. The Hall–Kier alpha value is -2.17. The van der Waals surface area contributed by atoms with Gasteiger partial charge in [0.1, 0.15) is 5.82 Å². The van der Waals surface area contributed by atoms with Gasteiger partial charge >= 0.3 is 0 Å². The van der Waals surface area contributed by atoms with Crippen LogP contribution in [0.25, 0.3) is 0 Å². The van der Waals surface area contributed by atoms with Crippen molar-refractivity contribution in [3.8, 4) is 0 Å². The number of rotatable bonds is 3. The average molecular weight is 282 g/mol. The van der Waals surface area contributed by atoms with E-state index in [1.165, 1.54) is 5.56 Å². The minimum absolute atomic E-state index is 0.124. The van der Waals surface area contributed by atoms with Crippen molar-refractivity contribution in [3.05, 3.63) is 48.3 Å². The van der Waals surface area contributed by atoms with Gasteiger partial charge in [-0.3, -0.25) is 9.78 Å². The molecule has 0 radical (unpaired) electrons. The van der Waals surface area contributed by atoms with Crippen LogP contribution in [-0.2, 0) is 17.8 Å². The van der Waals surface area contributed by atoms with Gasteiger partial charge in [-0.2, -0.15) is 0 Å². The lowest BCUT2D eigenvalue weighted by Gasteiger charge is -2.24. The molecule has 108 valence electrons. The first-order chi connectivity index (χ1) is 10.3. The fraction of sp³-hybridized carbons (Fsp3) is 0.438. The van der Waals surface area contributed by atoms with Crippen LogP contribution in [0.15, 0.2) is 36.9 Å². The monoisotopic (exact) mass is 282 g/mol. The van der Waals surface area contributed by atoms with Crippen molar-refractivity contribution < 1.29 is 4.79 Å². The molecule has 21 heavy (non-hydrogen) atoms. The van der Waals surface area contributed by atoms with E-state index in [2.05, 4.69) is 25.9 Å². The Morgan fingerprint density at radius 3 is 3.19 bits per heavy atom. The lowest BCUT2D eigenvalue weighted by molar-refractivity contribution is -0.123. The highest BCUT2D eigenvalue weighted by Gasteiger charge is 2.44. The van der Waals surface area contributed by atoms with Crippen molar-refractivity contribution in [2.75, 3.05) is 0 Å². The zero-order valence-electron chi connectivity index (χ0n) is 11.8. The van der Waals surface area contributed by atoms with Crippen LogP contribution >= 0.6 is 0 Å². The van der Waals surface area contributed by atoms with Crippen LogP contribution in [0.1, 0.15) is 30.1 Å². The summed E-state index contributed by atoms with van der Waals surface area (Å²) in [5, 5.41) is 3.20. The first-order valence-electron chi connectivity index (χ1n) is 7.51. The number of hydrogen-bond donors (Lipinski definition) is 1. The van der Waals surface area contributed by atoms with Gasteiger partial charge in [0, 0.05) is 49.7 Å². The summed E-state index contributed by atoms with van der Waals surface area (Å²) in [4.78, 5) is 20.8. The Morgan fingerprint density at radius 1 is 1.38 bits per heavy atom. The minimum Gasteiger partial charge on any atom is -0.351 e. The number of nitrogens with zero attached hydrogens (tertiary/aromatic N) is 3. The normalized spacial score (nSPS) is 27.0. The Bertz CT molecular complexity index is 651. The van der Waals surface area contributed by atoms with E-state index < -0.39 is 0 Å². The van der Waals surface area contributed by atoms with E-state index in [1.54, 1.807) is 6.20 Å². The molecule has 2 aromatic rings. The number of amides is 1. The molecule has 3 unspecified atom stereocenters. The molecule has 1 aliphatic heterocycles. The Kier molecular flexibility index (Phi) is 2.98. The maximum absolute atomic E-state index is 12.4. The molecule has 1 saturated carbocycles. The molecule has 2 aliphatic rings. The van der Waals surface area contributed by atoms with Crippen molar-refractivity contribution in [2.24, 2.45) is 5.92 Å². The van der Waals surface area contributed by atoms with E-state index in [4.69, 9.17) is 0 Å². The van der Waals surface area contributed by atoms with Gasteiger partial charge in [-0.15, -0.1) is 0 Å². The summed E-state index contributed by atoms with van der Waals surface area (Å²) in [6.45, 7) is 0.839. The molecule has 1 fully saturated rings. The van der Waals surface area contributed by atoms with E-state index in [1.807, 2.05) is 24.7 Å². The second kappa shape index (κ2) is 4.98. The Morgan fingerprint density at radius 2 is 2.33 bits per heavy atom. The summed E-state index contributed by atoms with van der Waals surface area (Å²) in [6, 6.07) is 4.22. The number of nitrogens with one attached hydrogen (secondary N) is 1. The number of imidazole rings is 1. The van der Waals surface area contributed by atoms with Crippen molar-refractivity contribution in [2.45, 2.75) is 37.8 Å². The number of fused-ring (bicyclic) bond motifs is 1. The number of pyridine rings is 1. The molecule has 0 saturated heterocycles. The summed E-state index contributed by atoms with van der Waals surface area (Å²) in [7, 11) is 0. The second-order valence-electron chi connectivity index (χ2n) is 5.98. The topological polar surface area (TPSA) is 59.8 Å².